The summed E-state index contributed by atoms with van der Waals surface area (Å²) in [6.45, 7) is 5.96. The van der Waals surface area contributed by atoms with E-state index in [1.165, 1.54) is 102 Å². The average molecular weight is 479 g/mol. The molecule has 0 aromatic rings. The van der Waals surface area contributed by atoms with Gasteiger partial charge in [-0.1, -0.05) is 100 Å². The van der Waals surface area contributed by atoms with Crippen LogP contribution >= 0.6 is 0 Å². The van der Waals surface area contributed by atoms with Gasteiger partial charge in [0.2, 0.25) is 0 Å². The summed E-state index contributed by atoms with van der Waals surface area (Å²) in [6, 6.07) is 0.440. The number of nitrogens with zero attached hydrogens (tertiary/aromatic N) is 2. The highest BCUT2D eigenvalue weighted by molar-refractivity contribution is 5.28. The van der Waals surface area contributed by atoms with Crippen LogP contribution in [0.15, 0.2) is 48.1 Å². The molecule has 1 saturated carbocycles. The summed E-state index contributed by atoms with van der Waals surface area (Å²) < 4.78 is 0. The van der Waals surface area contributed by atoms with E-state index in [4.69, 9.17) is 0 Å². The van der Waals surface area contributed by atoms with E-state index in [-0.39, 0.29) is 6.10 Å². The van der Waals surface area contributed by atoms with Crippen molar-refractivity contribution in [2.75, 3.05) is 32.7 Å². The number of hydrogen-bond donors (Lipinski definition) is 1. The maximum absolute atomic E-state index is 11.9. The molecule has 0 amide bonds. The molecule has 0 radical (unpaired) electrons. The summed E-state index contributed by atoms with van der Waals surface area (Å²) in [5.74, 6) is 1.11. The third-order valence-electron chi connectivity index (χ3n) is 9.96. The van der Waals surface area contributed by atoms with Gasteiger partial charge >= 0.3 is 0 Å². The van der Waals surface area contributed by atoms with E-state index in [2.05, 4.69) is 52.3 Å². The Balaban J connectivity index is 1.44. The molecule has 3 saturated heterocycles. The Kier molecular flexibility index (Phi) is 9.02. The molecule has 5 aliphatic rings. The number of allylic oxidation sites excluding steroid dienone is 6. The van der Waals surface area contributed by atoms with E-state index < -0.39 is 0 Å². The Bertz CT molecular complexity index is 797. The number of fused-ring (bicyclic) bond motifs is 1. The molecule has 1 spiro atoms. The molecule has 4 heterocycles. The normalized spacial score (nSPS) is 44.0. The molecule has 5 rings (SSSR count). The van der Waals surface area contributed by atoms with Crippen LogP contribution in [0.3, 0.4) is 0 Å². The van der Waals surface area contributed by atoms with Gasteiger partial charge in [-0.2, -0.15) is 0 Å². The minimum Gasteiger partial charge on any atom is -0.388 e. The second-order valence-corrected chi connectivity index (χ2v) is 12.3. The van der Waals surface area contributed by atoms with Crippen LogP contribution < -0.4 is 0 Å². The first-order chi connectivity index (χ1) is 17.3. The van der Waals surface area contributed by atoms with Crippen molar-refractivity contribution in [2.45, 2.75) is 102 Å². The maximum Gasteiger partial charge on any atom is 0.0808 e. The van der Waals surface area contributed by atoms with Gasteiger partial charge < -0.3 is 10.0 Å². The van der Waals surface area contributed by atoms with Crippen LogP contribution in [-0.2, 0) is 0 Å². The van der Waals surface area contributed by atoms with E-state index in [9.17, 15) is 5.11 Å². The molecule has 0 aromatic heterocycles. The lowest BCUT2D eigenvalue weighted by molar-refractivity contribution is -0.140. The zero-order valence-corrected chi connectivity index (χ0v) is 22.1. The Morgan fingerprint density at radius 2 is 1.49 bits per heavy atom. The smallest absolute Gasteiger partial charge is 0.0808 e. The first-order valence-corrected chi connectivity index (χ1v) is 15.1. The van der Waals surface area contributed by atoms with Gasteiger partial charge in [0.1, 0.15) is 0 Å². The van der Waals surface area contributed by atoms with Gasteiger partial charge in [-0.3, -0.25) is 4.90 Å². The number of aliphatic hydroxyl groups excluding tert-OH is 1. The Morgan fingerprint density at radius 3 is 2.29 bits per heavy atom. The van der Waals surface area contributed by atoms with Crippen LogP contribution in [-0.4, -0.2) is 59.8 Å². The van der Waals surface area contributed by atoms with E-state index in [0.29, 0.717) is 23.3 Å². The summed E-state index contributed by atoms with van der Waals surface area (Å²) >= 11 is 0. The van der Waals surface area contributed by atoms with Crippen molar-refractivity contribution in [1.82, 2.24) is 9.80 Å². The van der Waals surface area contributed by atoms with Crippen LogP contribution in [0.4, 0.5) is 0 Å². The highest BCUT2D eigenvalue weighted by atomic mass is 16.3. The van der Waals surface area contributed by atoms with Gasteiger partial charge in [-0.15, -0.1) is 0 Å². The number of rotatable bonds is 0. The number of aliphatic hydroxyl groups is 1. The fraction of sp³-hybridized carbons (Fsp3) is 0.750. The lowest BCUT2D eigenvalue weighted by Crippen LogP contribution is -2.68. The third kappa shape index (κ3) is 6.05. The van der Waals surface area contributed by atoms with Crippen molar-refractivity contribution in [3.63, 3.8) is 0 Å². The van der Waals surface area contributed by atoms with E-state index in [1.807, 2.05) is 0 Å². The Hall–Kier alpha value is -1.16. The third-order valence-corrected chi connectivity index (χ3v) is 9.96. The fourth-order valence-electron chi connectivity index (χ4n) is 8.25. The summed E-state index contributed by atoms with van der Waals surface area (Å²) in [7, 11) is 0. The standard InChI is InChI=1S/C32H50N2O/c35-31-27-19-15-11-7-3-6-10-14-18-22-34-26-32-20-16-12-8-4-1-2-5-9-13-17-21-33(25-32)24-28(31)29(32)23-30(27)34/h3,6-7,10-11,14,19,28-31,35H,1-2,4-5,8-9,12-13,15-18,20-26H2/b6-3-,11-7-,14-10-,27-19+/t28-,29-,30-,31+,32-/m1/s1. The van der Waals surface area contributed by atoms with Crippen molar-refractivity contribution in [3.05, 3.63) is 48.1 Å². The van der Waals surface area contributed by atoms with Crippen LogP contribution in [0.5, 0.6) is 0 Å². The van der Waals surface area contributed by atoms with Crippen LogP contribution in [0.2, 0.25) is 0 Å². The van der Waals surface area contributed by atoms with E-state index >= 15 is 0 Å². The summed E-state index contributed by atoms with van der Waals surface area (Å²) in [5, 5.41) is 11.9. The summed E-state index contributed by atoms with van der Waals surface area (Å²) in [6.07, 6.45) is 34.1. The molecular weight excluding hydrogens is 428 g/mol. The predicted octanol–water partition coefficient (Wildman–Crippen LogP) is 6.66. The molecule has 35 heavy (non-hydrogen) atoms. The van der Waals surface area contributed by atoms with Crippen molar-refractivity contribution >= 4 is 0 Å². The van der Waals surface area contributed by atoms with Crippen molar-refractivity contribution < 1.29 is 5.11 Å². The minimum absolute atomic E-state index is 0.268. The number of hydrogen-bond acceptors (Lipinski definition) is 3. The van der Waals surface area contributed by atoms with Gasteiger partial charge in [0.15, 0.2) is 0 Å². The van der Waals surface area contributed by atoms with Crippen molar-refractivity contribution in [2.24, 2.45) is 17.3 Å². The predicted molar refractivity (Wildman–Crippen MR) is 147 cm³/mol. The monoisotopic (exact) mass is 478 g/mol. The molecule has 0 aromatic carbocycles. The second kappa shape index (κ2) is 12.4. The van der Waals surface area contributed by atoms with E-state index in [0.717, 1.165) is 25.9 Å². The molecule has 194 valence electrons. The quantitative estimate of drug-likeness (QED) is 0.394. The van der Waals surface area contributed by atoms with Gasteiger partial charge in [0.05, 0.1) is 6.10 Å². The summed E-state index contributed by atoms with van der Waals surface area (Å²) in [4.78, 5) is 5.60. The molecule has 1 aliphatic carbocycles. The summed E-state index contributed by atoms with van der Waals surface area (Å²) in [5.41, 5.74) is 1.70. The first-order valence-electron chi connectivity index (χ1n) is 15.1. The van der Waals surface area contributed by atoms with Crippen LogP contribution in [0, 0.1) is 17.3 Å². The van der Waals surface area contributed by atoms with Crippen LogP contribution in [0.1, 0.15) is 89.9 Å². The zero-order valence-electron chi connectivity index (χ0n) is 22.1. The minimum atomic E-state index is -0.268. The highest BCUT2D eigenvalue weighted by Gasteiger charge is 2.58. The van der Waals surface area contributed by atoms with Gasteiger partial charge in [0.25, 0.3) is 0 Å². The fourth-order valence-corrected chi connectivity index (χ4v) is 8.25. The largest absolute Gasteiger partial charge is 0.388 e. The van der Waals surface area contributed by atoms with Crippen molar-refractivity contribution in [3.8, 4) is 0 Å². The molecule has 6 atom stereocenters. The van der Waals surface area contributed by atoms with Crippen molar-refractivity contribution in [1.29, 1.82) is 0 Å². The van der Waals surface area contributed by atoms with E-state index in [1.54, 1.807) is 0 Å². The number of piperidine rings is 2. The van der Waals surface area contributed by atoms with Gasteiger partial charge in [-0.25, -0.2) is 0 Å². The molecule has 4 aliphatic heterocycles. The lowest BCUT2D eigenvalue weighted by atomic mass is 9.54. The Morgan fingerprint density at radius 1 is 0.771 bits per heavy atom. The highest BCUT2D eigenvalue weighted by Crippen LogP contribution is 2.55. The SMILES string of the molecule is O[C@H]1/C2=C/C\C=C/C=C\C=C/CCN3C[C@]45CCCCCCCCCCCCN(C[C@@H]1[C@H]4C[C@H]23)C5. The van der Waals surface area contributed by atoms with Gasteiger partial charge in [0, 0.05) is 38.1 Å². The Labute approximate surface area is 215 Å². The molecular formula is C32H50N2O. The average Bonchev–Trinajstić information content (AvgIpc) is 2.87. The molecule has 3 heteroatoms. The lowest BCUT2D eigenvalue weighted by Gasteiger charge is -2.63. The molecule has 4 fully saturated rings. The maximum atomic E-state index is 11.9. The zero-order chi connectivity index (χ0) is 23.9. The molecule has 4 bridgehead atoms. The molecule has 1 N–H and O–H groups in total. The molecule has 1 unspecified atom stereocenters. The van der Waals surface area contributed by atoms with Gasteiger partial charge in [-0.05, 0) is 55.6 Å². The second-order valence-electron chi connectivity index (χ2n) is 12.3. The molecule has 3 nitrogen and oxygen atoms in total. The first kappa shape index (κ1) is 25.5. The van der Waals surface area contributed by atoms with Crippen LogP contribution in [0.25, 0.3) is 0 Å². The topological polar surface area (TPSA) is 26.7 Å².